The van der Waals surface area contributed by atoms with Gasteiger partial charge in [0.05, 0.1) is 17.5 Å². The molecule has 0 spiro atoms. The molecule has 3 rings (SSSR count). The number of rotatable bonds is 6. The molecule has 0 saturated heterocycles. The first-order valence-electron chi connectivity index (χ1n) is 8.84. The predicted molar refractivity (Wildman–Crippen MR) is 117 cm³/mol. The fraction of sp³-hybridized carbons (Fsp3) is 0.143. The van der Waals surface area contributed by atoms with Gasteiger partial charge in [-0.3, -0.25) is 9.52 Å². The summed E-state index contributed by atoms with van der Waals surface area (Å²) in [6.45, 7) is 5.99. The van der Waals surface area contributed by atoms with E-state index in [0.717, 1.165) is 33.6 Å². The molecule has 0 aliphatic carbocycles. The first-order chi connectivity index (χ1) is 13.8. The Morgan fingerprint density at radius 2 is 1.72 bits per heavy atom. The molecule has 0 radical (unpaired) electrons. The van der Waals surface area contributed by atoms with Crippen molar-refractivity contribution in [2.75, 3.05) is 4.72 Å². The first kappa shape index (κ1) is 20.8. The molecule has 29 heavy (non-hydrogen) atoms. The Balaban J connectivity index is 1.79. The number of hydrogen-bond acceptors (Lipinski definition) is 5. The van der Waals surface area contributed by atoms with E-state index in [1.165, 1.54) is 12.1 Å². The number of amides is 1. The van der Waals surface area contributed by atoms with Gasteiger partial charge in [-0.05, 0) is 55.5 Å². The van der Waals surface area contributed by atoms with Crippen molar-refractivity contribution in [1.82, 2.24) is 5.43 Å². The third kappa shape index (κ3) is 4.90. The van der Waals surface area contributed by atoms with Gasteiger partial charge in [-0.2, -0.15) is 5.10 Å². The molecular formula is C21H21N3O3S2. The molecule has 3 aromatic rings. The number of aryl methyl sites for hydroxylation is 3. The number of nitrogens with zero attached hydrogens (tertiary/aromatic N) is 1. The van der Waals surface area contributed by atoms with Gasteiger partial charge in [-0.15, -0.1) is 11.3 Å². The van der Waals surface area contributed by atoms with Crippen LogP contribution in [0.1, 0.15) is 32.6 Å². The van der Waals surface area contributed by atoms with Gasteiger partial charge in [0.2, 0.25) is 0 Å². The van der Waals surface area contributed by atoms with Gasteiger partial charge in [-0.1, -0.05) is 35.9 Å². The molecule has 2 N–H and O–H groups in total. The van der Waals surface area contributed by atoms with Crippen LogP contribution in [0.25, 0.3) is 0 Å². The maximum absolute atomic E-state index is 12.6. The van der Waals surface area contributed by atoms with Gasteiger partial charge in [0.15, 0.2) is 0 Å². The van der Waals surface area contributed by atoms with Gasteiger partial charge in [0, 0.05) is 5.56 Å². The Hall–Kier alpha value is -2.97. The summed E-state index contributed by atoms with van der Waals surface area (Å²) in [5, 5.41) is 5.73. The fourth-order valence-corrected chi connectivity index (χ4v) is 5.06. The Morgan fingerprint density at radius 3 is 2.38 bits per heavy atom. The van der Waals surface area contributed by atoms with Crippen LogP contribution in [-0.4, -0.2) is 20.5 Å². The molecule has 0 aliphatic rings. The van der Waals surface area contributed by atoms with Gasteiger partial charge in [0.1, 0.15) is 4.21 Å². The second-order valence-corrected chi connectivity index (χ2v) is 9.45. The largest absolute Gasteiger partial charge is 0.278 e. The standard InChI is InChI=1S/C21H21N3O3S2/c1-14-11-15(2)18(16(3)12-14)13-22-23-21(25)17-7-4-5-8-19(17)24-29(26,27)20-9-6-10-28-20/h4-13,24H,1-3H3,(H,23,25). The number of anilines is 1. The number of sulfonamides is 1. The van der Waals surface area contributed by atoms with E-state index in [4.69, 9.17) is 0 Å². The minimum absolute atomic E-state index is 0.177. The molecule has 0 unspecified atom stereocenters. The first-order valence-corrected chi connectivity index (χ1v) is 11.2. The van der Waals surface area contributed by atoms with E-state index in [9.17, 15) is 13.2 Å². The van der Waals surface area contributed by atoms with Crippen LogP contribution in [0.3, 0.4) is 0 Å². The van der Waals surface area contributed by atoms with E-state index in [1.54, 1.807) is 35.9 Å². The van der Waals surface area contributed by atoms with Crippen molar-refractivity contribution >= 4 is 39.2 Å². The predicted octanol–water partition coefficient (Wildman–Crippen LogP) is 4.24. The molecular weight excluding hydrogens is 406 g/mol. The highest BCUT2D eigenvalue weighted by atomic mass is 32.2. The van der Waals surface area contributed by atoms with Crippen molar-refractivity contribution in [2.45, 2.75) is 25.0 Å². The SMILES string of the molecule is Cc1cc(C)c(C=NNC(=O)c2ccccc2NS(=O)(=O)c2cccs2)c(C)c1. The van der Waals surface area contributed by atoms with Crippen molar-refractivity contribution in [2.24, 2.45) is 5.10 Å². The smallest absolute Gasteiger partial charge is 0.273 e. The zero-order valence-corrected chi connectivity index (χ0v) is 17.9. The molecule has 1 amide bonds. The highest BCUT2D eigenvalue weighted by Gasteiger charge is 2.19. The maximum atomic E-state index is 12.6. The number of benzene rings is 2. The number of nitrogens with one attached hydrogen (secondary N) is 2. The van der Waals surface area contributed by atoms with Crippen LogP contribution >= 0.6 is 11.3 Å². The molecule has 1 aromatic heterocycles. The van der Waals surface area contributed by atoms with Crippen LogP contribution in [0.2, 0.25) is 0 Å². The van der Waals surface area contributed by atoms with Gasteiger partial charge >= 0.3 is 0 Å². The summed E-state index contributed by atoms with van der Waals surface area (Å²) >= 11 is 1.10. The van der Waals surface area contributed by atoms with Crippen LogP contribution in [0.4, 0.5) is 5.69 Å². The van der Waals surface area contributed by atoms with Crippen molar-refractivity contribution in [1.29, 1.82) is 0 Å². The number of hydrazone groups is 1. The number of thiophene rings is 1. The molecule has 6 nitrogen and oxygen atoms in total. The zero-order chi connectivity index (χ0) is 21.0. The van der Waals surface area contributed by atoms with E-state index >= 15 is 0 Å². The minimum Gasteiger partial charge on any atom is -0.278 e. The summed E-state index contributed by atoms with van der Waals surface area (Å²) in [7, 11) is -3.75. The molecule has 0 aliphatic heterocycles. The topological polar surface area (TPSA) is 87.6 Å². The van der Waals surface area contributed by atoms with Crippen molar-refractivity contribution in [3.8, 4) is 0 Å². The van der Waals surface area contributed by atoms with Crippen LogP contribution < -0.4 is 10.1 Å². The summed E-state index contributed by atoms with van der Waals surface area (Å²) in [4.78, 5) is 12.6. The Labute approximate surface area is 174 Å². The van der Waals surface area contributed by atoms with E-state index in [-0.39, 0.29) is 15.5 Å². The number of carbonyl (C=O) groups excluding carboxylic acids is 1. The second kappa shape index (κ2) is 8.59. The van der Waals surface area contributed by atoms with E-state index in [1.807, 2.05) is 32.9 Å². The van der Waals surface area contributed by atoms with Gasteiger partial charge in [0.25, 0.3) is 15.9 Å². The lowest BCUT2D eigenvalue weighted by Gasteiger charge is -2.11. The van der Waals surface area contributed by atoms with Gasteiger partial charge in [-0.25, -0.2) is 13.8 Å². The van der Waals surface area contributed by atoms with Crippen molar-refractivity contribution in [3.05, 3.63) is 81.7 Å². The summed E-state index contributed by atoms with van der Waals surface area (Å²) in [5.74, 6) is -0.506. The lowest BCUT2D eigenvalue weighted by molar-refractivity contribution is 0.0956. The quantitative estimate of drug-likeness (QED) is 0.456. The number of para-hydroxylation sites is 1. The number of carbonyl (C=O) groups is 1. The summed E-state index contributed by atoms with van der Waals surface area (Å²) in [5.41, 5.74) is 7.06. The average Bonchev–Trinajstić information content (AvgIpc) is 3.19. The minimum atomic E-state index is -3.75. The van der Waals surface area contributed by atoms with E-state index < -0.39 is 15.9 Å². The van der Waals surface area contributed by atoms with Crippen molar-refractivity contribution < 1.29 is 13.2 Å². The molecule has 0 fully saturated rings. The maximum Gasteiger partial charge on any atom is 0.273 e. The average molecular weight is 428 g/mol. The Kier molecular flexibility index (Phi) is 6.14. The molecule has 8 heteroatoms. The van der Waals surface area contributed by atoms with Crippen LogP contribution in [-0.2, 0) is 10.0 Å². The normalized spacial score (nSPS) is 11.6. The third-order valence-corrected chi connectivity index (χ3v) is 7.04. The summed E-state index contributed by atoms with van der Waals surface area (Å²) in [6, 6.07) is 13.7. The number of hydrogen-bond donors (Lipinski definition) is 2. The molecule has 0 saturated carbocycles. The fourth-order valence-electron chi connectivity index (χ4n) is 2.99. The molecule has 0 bridgehead atoms. The van der Waals surface area contributed by atoms with Crippen LogP contribution in [0.15, 0.2) is 63.2 Å². The van der Waals surface area contributed by atoms with Crippen LogP contribution in [0.5, 0.6) is 0 Å². The Bertz CT molecular complexity index is 1140. The molecule has 0 atom stereocenters. The highest BCUT2D eigenvalue weighted by molar-refractivity contribution is 7.94. The third-order valence-electron chi connectivity index (χ3n) is 4.27. The molecule has 1 heterocycles. The van der Waals surface area contributed by atoms with Gasteiger partial charge < -0.3 is 0 Å². The lowest BCUT2D eigenvalue weighted by Crippen LogP contribution is -2.21. The van der Waals surface area contributed by atoms with E-state index in [0.29, 0.717) is 0 Å². The zero-order valence-electron chi connectivity index (χ0n) is 16.3. The monoisotopic (exact) mass is 427 g/mol. The van der Waals surface area contributed by atoms with Crippen LogP contribution in [0, 0.1) is 20.8 Å². The molecule has 2 aromatic carbocycles. The lowest BCUT2D eigenvalue weighted by atomic mass is 10.0. The van der Waals surface area contributed by atoms with E-state index in [2.05, 4.69) is 15.2 Å². The summed E-state index contributed by atoms with van der Waals surface area (Å²) < 4.78 is 27.6. The van der Waals surface area contributed by atoms with Crippen molar-refractivity contribution in [3.63, 3.8) is 0 Å². The summed E-state index contributed by atoms with van der Waals surface area (Å²) in [6.07, 6.45) is 1.60. The Morgan fingerprint density at radius 1 is 1.03 bits per heavy atom. The highest BCUT2D eigenvalue weighted by Crippen LogP contribution is 2.23. The molecule has 150 valence electrons. The second-order valence-electron chi connectivity index (χ2n) is 6.59.